The van der Waals surface area contributed by atoms with Gasteiger partial charge in [0, 0.05) is 0 Å². The van der Waals surface area contributed by atoms with Crippen molar-refractivity contribution in [2.24, 2.45) is 0 Å². The normalized spacial score (nSPS) is 13.3. The van der Waals surface area contributed by atoms with Crippen LogP contribution in [0.25, 0.3) is 0 Å². The number of ether oxygens (including phenoxy) is 2. The summed E-state index contributed by atoms with van der Waals surface area (Å²) in [6.45, 7) is 8.00. The molecule has 0 spiro atoms. The van der Waals surface area contributed by atoms with Gasteiger partial charge in [0.05, 0.1) is 23.7 Å². The molecule has 39 heavy (non-hydrogen) atoms. The molecule has 0 unspecified atom stereocenters. The van der Waals surface area contributed by atoms with E-state index in [1.165, 1.54) is 24.5 Å². The molecular formula is C29H33NO8S. The number of esters is 1. The van der Waals surface area contributed by atoms with Crippen molar-refractivity contribution in [3.05, 3.63) is 89.9 Å². The molecular weight excluding hydrogens is 522 g/mol. The number of benzene rings is 2. The fourth-order valence-corrected chi connectivity index (χ4v) is 5.39. The molecule has 0 aliphatic rings. The molecule has 0 bridgehead atoms. The molecule has 208 valence electrons. The van der Waals surface area contributed by atoms with Crippen molar-refractivity contribution in [2.45, 2.75) is 63.5 Å². The predicted octanol–water partition coefficient (Wildman–Crippen LogP) is 5.50. The second kappa shape index (κ2) is 12.3. The van der Waals surface area contributed by atoms with Crippen LogP contribution in [0.3, 0.4) is 0 Å². The smallest absolute Gasteiger partial charge is 0.425 e. The van der Waals surface area contributed by atoms with Gasteiger partial charge in [-0.25, -0.2) is 18.0 Å². The first kappa shape index (κ1) is 29.6. The third kappa shape index (κ3) is 7.35. The van der Waals surface area contributed by atoms with Crippen molar-refractivity contribution >= 4 is 27.9 Å². The first-order valence-corrected chi connectivity index (χ1v) is 13.9. The molecule has 10 heteroatoms. The molecule has 0 fully saturated rings. The minimum atomic E-state index is -4.64. The standard InChI is InChI=1S/C29H33NO8S/c1-6-36-27(32)24(19-23(21-11-8-7-9-12-21)26(31)25-13-10-18-37-25)30(28(33)38-29(3,4)5)39(34,35)22-16-14-20(2)15-17-22/h7-18,23-24H,6,19H2,1-5H3/t23-,24+/m1/s1. The third-order valence-electron chi connectivity index (χ3n) is 5.73. The summed E-state index contributed by atoms with van der Waals surface area (Å²) >= 11 is 0. The zero-order valence-electron chi connectivity index (χ0n) is 22.6. The number of furan rings is 1. The average molecular weight is 556 g/mol. The summed E-state index contributed by atoms with van der Waals surface area (Å²) < 4.78 is 44.3. The van der Waals surface area contributed by atoms with Crippen LogP contribution in [0, 0.1) is 6.92 Å². The third-order valence-corrected chi connectivity index (χ3v) is 7.52. The number of rotatable bonds is 10. The summed E-state index contributed by atoms with van der Waals surface area (Å²) in [4.78, 5) is 40.3. The summed E-state index contributed by atoms with van der Waals surface area (Å²) in [5.41, 5.74) is 0.220. The minimum Gasteiger partial charge on any atom is -0.464 e. The number of nitrogens with zero attached hydrogens (tertiary/aromatic N) is 1. The van der Waals surface area contributed by atoms with E-state index in [1.54, 1.807) is 83.1 Å². The highest BCUT2D eigenvalue weighted by Crippen LogP contribution is 2.32. The predicted molar refractivity (Wildman–Crippen MR) is 144 cm³/mol. The second-order valence-electron chi connectivity index (χ2n) is 9.90. The van der Waals surface area contributed by atoms with Gasteiger partial charge < -0.3 is 13.9 Å². The highest BCUT2D eigenvalue weighted by Gasteiger charge is 2.45. The van der Waals surface area contributed by atoms with Gasteiger partial charge in [0.1, 0.15) is 11.6 Å². The summed E-state index contributed by atoms with van der Waals surface area (Å²) in [5.74, 6) is -2.51. The molecule has 0 saturated heterocycles. The molecule has 0 N–H and O–H groups in total. The van der Waals surface area contributed by atoms with Crippen molar-refractivity contribution in [1.29, 1.82) is 0 Å². The Morgan fingerprint density at radius 3 is 2.13 bits per heavy atom. The lowest BCUT2D eigenvalue weighted by molar-refractivity contribution is -0.148. The number of Topliss-reactive ketones (excluding diaryl/α,β-unsaturated/α-hetero) is 1. The van der Waals surface area contributed by atoms with Crippen molar-refractivity contribution in [3.63, 3.8) is 0 Å². The maximum absolute atomic E-state index is 14.0. The van der Waals surface area contributed by atoms with E-state index in [4.69, 9.17) is 13.9 Å². The van der Waals surface area contributed by atoms with Crippen LogP contribution in [0.2, 0.25) is 0 Å². The van der Waals surface area contributed by atoms with Crippen molar-refractivity contribution in [1.82, 2.24) is 4.31 Å². The number of carbonyl (C=O) groups excluding carboxylic acids is 3. The first-order chi connectivity index (χ1) is 18.3. The van der Waals surface area contributed by atoms with Gasteiger partial charge in [-0.1, -0.05) is 48.0 Å². The molecule has 0 aliphatic heterocycles. The maximum Gasteiger partial charge on any atom is 0.425 e. The number of carbonyl (C=O) groups is 3. The van der Waals surface area contributed by atoms with Gasteiger partial charge in [0.15, 0.2) is 5.76 Å². The fraction of sp³-hybridized carbons (Fsp3) is 0.345. The zero-order chi connectivity index (χ0) is 28.8. The summed E-state index contributed by atoms with van der Waals surface area (Å²) in [6, 6.07) is 15.7. The van der Waals surface area contributed by atoms with E-state index in [9.17, 15) is 22.8 Å². The molecule has 2 aromatic carbocycles. The Kier molecular flexibility index (Phi) is 9.34. The van der Waals surface area contributed by atoms with Gasteiger partial charge in [-0.05, 0) is 70.9 Å². The number of hydrogen-bond acceptors (Lipinski definition) is 8. The number of ketones is 1. The number of sulfonamides is 1. The molecule has 0 saturated carbocycles. The molecule has 1 aromatic heterocycles. The molecule has 3 aromatic rings. The molecule has 3 rings (SSSR count). The topological polar surface area (TPSA) is 120 Å². The molecule has 1 heterocycles. The maximum atomic E-state index is 14.0. The Morgan fingerprint density at radius 1 is 0.949 bits per heavy atom. The van der Waals surface area contributed by atoms with Crippen LogP contribution in [0.15, 0.2) is 82.3 Å². The Bertz CT molecular complexity index is 1380. The van der Waals surface area contributed by atoms with Crippen molar-refractivity contribution < 1.29 is 36.7 Å². The van der Waals surface area contributed by atoms with Crippen LogP contribution >= 0.6 is 0 Å². The molecule has 0 radical (unpaired) electrons. The Hall–Kier alpha value is -3.92. The van der Waals surface area contributed by atoms with E-state index >= 15 is 0 Å². The Morgan fingerprint density at radius 2 is 1.59 bits per heavy atom. The summed E-state index contributed by atoms with van der Waals surface area (Å²) in [6.07, 6.45) is -0.335. The van der Waals surface area contributed by atoms with E-state index in [0.717, 1.165) is 5.56 Å². The van der Waals surface area contributed by atoms with Gasteiger partial charge >= 0.3 is 12.1 Å². The Labute approximate surface area is 228 Å². The molecule has 9 nitrogen and oxygen atoms in total. The van der Waals surface area contributed by atoms with Gasteiger partial charge in [0.25, 0.3) is 10.0 Å². The highest BCUT2D eigenvalue weighted by atomic mass is 32.2. The largest absolute Gasteiger partial charge is 0.464 e. The molecule has 0 aliphatic carbocycles. The lowest BCUT2D eigenvalue weighted by Crippen LogP contribution is -2.51. The van der Waals surface area contributed by atoms with E-state index in [-0.39, 0.29) is 17.3 Å². The second-order valence-corrected chi connectivity index (χ2v) is 11.7. The van der Waals surface area contributed by atoms with Crippen molar-refractivity contribution in [2.75, 3.05) is 6.61 Å². The van der Waals surface area contributed by atoms with E-state index in [1.807, 2.05) is 0 Å². The van der Waals surface area contributed by atoms with E-state index in [0.29, 0.717) is 9.87 Å². The van der Waals surface area contributed by atoms with Crippen molar-refractivity contribution in [3.8, 4) is 0 Å². The Balaban J connectivity index is 2.19. The van der Waals surface area contributed by atoms with Crippen LogP contribution in [0.1, 0.15) is 61.7 Å². The van der Waals surface area contributed by atoms with E-state index in [2.05, 4.69) is 0 Å². The zero-order valence-corrected chi connectivity index (χ0v) is 23.4. The van der Waals surface area contributed by atoms with Gasteiger partial charge in [0.2, 0.25) is 5.78 Å². The fourth-order valence-electron chi connectivity index (χ4n) is 3.94. The number of aryl methyl sites for hydroxylation is 1. The highest BCUT2D eigenvalue weighted by molar-refractivity contribution is 7.89. The average Bonchev–Trinajstić information content (AvgIpc) is 3.41. The van der Waals surface area contributed by atoms with Crippen LogP contribution in [-0.4, -0.2) is 48.8 Å². The van der Waals surface area contributed by atoms with Crippen LogP contribution in [-0.2, 0) is 24.3 Å². The molecule has 1 amide bonds. The number of amides is 1. The van der Waals surface area contributed by atoms with E-state index < -0.39 is 51.9 Å². The minimum absolute atomic E-state index is 0.0247. The SMILES string of the molecule is CCOC(=O)[C@H](C[C@@H](C(=O)c1ccco1)c1ccccc1)N(C(=O)OC(C)(C)C)S(=O)(=O)c1ccc(C)cc1. The summed E-state index contributed by atoms with van der Waals surface area (Å²) in [5, 5.41) is 0. The summed E-state index contributed by atoms with van der Waals surface area (Å²) in [7, 11) is -4.64. The monoisotopic (exact) mass is 555 g/mol. The quantitative estimate of drug-likeness (QED) is 0.237. The van der Waals surface area contributed by atoms with Gasteiger partial charge in [-0.2, -0.15) is 4.31 Å². The lowest BCUT2D eigenvalue weighted by Gasteiger charge is -2.33. The van der Waals surface area contributed by atoms with Crippen LogP contribution in [0.4, 0.5) is 4.79 Å². The van der Waals surface area contributed by atoms with Crippen LogP contribution in [0.5, 0.6) is 0 Å². The lowest BCUT2D eigenvalue weighted by atomic mass is 9.87. The van der Waals surface area contributed by atoms with Crippen LogP contribution < -0.4 is 0 Å². The first-order valence-electron chi connectivity index (χ1n) is 12.5. The number of hydrogen-bond donors (Lipinski definition) is 0. The van der Waals surface area contributed by atoms with Gasteiger partial charge in [-0.3, -0.25) is 4.79 Å². The molecule has 2 atom stereocenters. The van der Waals surface area contributed by atoms with Gasteiger partial charge in [-0.15, -0.1) is 0 Å².